The molecule has 0 spiro atoms. The molecule has 2 amide bonds. The van der Waals surface area contributed by atoms with Gasteiger partial charge in [0.25, 0.3) is 0 Å². The van der Waals surface area contributed by atoms with Gasteiger partial charge in [0, 0.05) is 24.5 Å². The summed E-state index contributed by atoms with van der Waals surface area (Å²) < 4.78 is 1.87. The first-order valence-electron chi connectivity index (χ1n) is 8.11. The summed E-state index contributed by atoms with van der Waals surface area (Å²) in [6.45, 7) is 4.48. The Kier molecular flexibility index (Phi) is 5.08. The van der Waals surface area contributed by atoms with E-state index < -0.39 is 0 Å². The number of nitrogens with one attached hydrogen (secondary N) is 1. The lowest BCUT2D eigenvalue weighted by molar-refractivity contribution is 0.209. The van der Waals surface area contributed by atoms with E-state index in [9.17, 15) is 4.79 Å². The lowest BCUT2D eigenvalue weighted by Gasteiger charge is -2.24. The van der Waals surface area contributed by atoms with Gasteiger partial charge in [0.15, 0.2) is 0 Å². The van der Waals surface area contributed by atoms with E-state index in [0.717, 1.165) is 40.8 Å². The second-order valence-electron chi connectivity index (χ2n) is 6.12. The number of carbonyl (C=O) groups is 1. The van der Waals surface area contributed by atoms with E-state index in [-0.39, 0.29) is 6.03 Å². The first-order chi connectivity index (χ1) is 11.5. The van der Waals surface area contributed by atoms with E-state index in [1.54, 1.807) is 0 Å². The van der Waals surface area contributed by atoms with Crippen molar-refractivity contribution in [3.05, 3.63) is 41.5 Å². The third-order valence-electron chi connectivity index (χ3n) is 4.25. The molecule has 0 saturated carbocycles. The smallest absolute Gasteiger partial charge is 0.321 e. The molecule has 128 valence electrons. The fraction of sp³-hybridized carbons (Fsp3) is 0.471. The van der Waals surface area contributed by atoms with Gasteiger partial charge in [-0.05, 0) is 43.7 Å². The van der Waals surface area contributed by atoms with Crippen LogP contribution in [0.15, 0.2) is 24.3 Å². The van der Waals surface area contributed by atoms with Gasteiger partial charge in [-0.3, -0.25) is 0 Å². The van der Waals surface area contributed by atoms with Crippen LogP contribution >= 0.6 is 11.8 Å². The van der Waals surface area contributed by atoms with E-state index >= 15 is 0 Å². The second kappa shape index (κ2) is 7.25. The van der Waals surface area contributed by atoms with Gasteiger partial charge in [0.1, 0.15) is 11.6 Å². The van der Waals surface area contributed by atoms with Gasteiger partial charge >= 0.3 is 6.03 Å². The Morgan fingerprint density at radius 3 is 2.96 bits per heavy atom. The number of amides is 2. The van der Waals surface area contributed by atoms with Crippen LogP contribution in [-0.4, -0.2) is 50.3 Å². The van der Waals surface area contributed by atoms with Crippen LogP contribution in [0, 0.1) is 13.8 Å². The Morgan fingerprint density at radius 1 is 1.46 bits per heavy atom. The molecule has 7 heteroatoms. The van der Waals surface area contributed by atoms with Crippen molar-refractivity contribution >= 4 is 23.5 Å². The fourth-order valence-electron chi connectivity index (χ4n) is 2.84. The van der Waals surface area contributed by atoms with Gasteiger partial charge in [-0.25, -0.2) is 14.5 Å². The predicted octanol–water partition coefficient (Wildman–Crippen LogP) is 2.91. The van der Waals surface area contributed by atoms with Crippen molar-refractivity contribution in [1.82, 2.24) is 19.7 Å². The van der Waals surface area contributed by atoms with Gasteiger partial charge < -0.3 is 10.2 Å². The number of carbonyl (C=O) groups excluding carboxylic acids is 1. The monoisotopic (exact) mass is 345 g/mol. The standard InChI is InChI=1S/C17H23N5OS/c1-12-18-13(2)22(20-12)10-14-5-4-6-15(9-14)19-17(23)21(3)16-7-8-24-11-16/h4-6,9,16H,7-8,10-11H2,1-3H3,(H,19,23)/t16-/m1/s1. The first-order valence-corrected chi connectivity index (χ1v) is 9.27. The third-order valence-corrected chi connectivity index (χ3v) is 5.39. The minimum absolute atomic E-state index is 0.0487. The zero-order chi connectivity index (χ0) is 17.1. The summed E-state index contributed by atoms with van der Waals surface area (Å²) in [7, 11) is 1.87. The molecule has 0 aliphatic carbocycles. The number of rotatable bonds is 4. The van der Waals surface area contributed by atoms with Crippen molar-refractivity contribution in [2.24, 2.45) is 0 Å². The molecule has 1 aliphatic rings. The molecule has 0 unspecified atom stereocenters. The molecule has 2 heterocycles. The highest BCUT2D eigenvalue weighted by Crippen LogP contribution is 2.22. The molecule has 1 aromatic carbocycles. The molecular formula is C17H23N5OS. The zero-order valence-electron chi connectivity index (χ0n) is 14.3. The summed E-state index contributed by atoms with van der Waals surface area (Å²) in [5, 5.41) is 7.38. The number of hydrogen-bond acceptors (Lipinski definition) is 4. The van der Waals surface area contributed by atoms with Crippen molar-refractivity contribution in [3.63, 3.8) is 0 Å². The minimum atomic E-state index is -0.0487. The average molecular weight is 345 g/mol. The van der Waals surface area contributed by atoms with Gasteiger partial charge in [0.05, 0.1) is 6.54 Å². The van der Waals surface area contributed by atoms with Crippen LogP contribution in [0.2, 0.25) is 0 Å². The molecule has 3 rings (SSSR count). The molecule has 0 bridgehead atoms. The SMILES string of the molecule is Cc1nc(C)n(Cc2cccc(NC(=O)N(C)[C@@H]3CCSC3)c2)n1. The maximum absolute atomic E-state index is 12.4. The summed E-state index contributed by atoms with van der Waals surface area (Å²) in [5.74, 6) is 3.82. The summed E-state index contributed by atoms with van der Waals surface area (Å²) in [5.41, 5.74) is 1.89. The topological polar surface area (TPSA) is 63.1 Å². The van der Waals surface area contributed by atoms with Crippen molar-refractivity contribution in [2.75, 3.05) is 23.9 Å². The van der Waals surface area contributed by atoms with E-state index in [1.165, 1.54) is 0 Å². The fourth-order valence-corrected chi connectivity index (χ4v) is 4.10. The number of anilines is 1. The molecule has 2 aromatic rings. The Labute approximate surface area is 146 Å². The lowest BCUT2D eigenvalue weighted by Crippen LogP contribution is -2.39. The maximum atomic E-state index is 12.4. The van der Waals surface area contributed by atoms with E-state index in [1.807, 2.05) is 66.5 Å². The highest BCUT2D eigenvalue weighted by Gasteiger charge is 2.23. The van der Waals surface area contributed by atoms with Gasteiger partial charge in [-0.15, -0.1) is 0 Å². The third kappa shape index (κ3) is 3.90. The van der Waals surface area contributed by atoms with Crippen LogP contribution in [0.5, 0.6) is 0 Å². The van der Waals surface area contributed by atoms with Gasteiger partial charge in [0.2, 0.25) is 0 Å². The molecule has 1 saturated heterocycles. The van der Waals surface area contributed by atoms with Crippen LogP contribution in [0.4, 0.5) is 10.5 Å². The number of thioether (sulfide) groups is 1. The number of hydrogen-bond donors (Lipinski definition) is 1. The number of nitrogens with zero attached hydrogens (tertiary/aromatic N) is 4. The number of benzene rings is 1. The number of aryl methyl sites for hydroxylation is 2. The summed E-state index contributed by atoms with van der Waals surface area (Å²) in [4.78, 5) is 18.5. The van der Waals surface area contributed by atoms with Crippen LogP contribution in [-0.2, 0) is 6.54 Å². The predicted molar refractivity (Wildman–Crippen MR) is 97.6 cm³/mol. The van der Waals surface area contributed by atoms with Gasteiger partial charge in [-0.2, -0.15) is 16.9 Å². The quantitative estimate of drug-likeness (QED) is 0.925. The van der Waals surface area contributed by atoms with E-state index in [2.05, 4.69) is 15.4 Å². The lowest BCUT2D eigenvalue weighted by atomic mass is 10.2. The van der Waals surface area contributed by atoms with Gasteiger partial charge in [-0.1, -0.05) is 12.1 Å². The molecule has 0 radical (unpaired) electrons. The molecule has 1 aromatic heterocycles. The normalized spacial score (nSPS) is 17.0. The largest absolute Gasteiger partial charge is 0.324 e. The molecule has 1 fully saturated rings. The highest BCUT2D eigenvalue weighted by molar-refractivity contribution is 7.99. The minimum Gasteiger partial charge on any atom is -0.324 e. The zero-order valence-corrected chi connectivity index (χ0v) is 15.1. The van der Waals surface area contributed by atoms with E-state index in [4.69, 9.17) is 0 Å². The second-order valence-corrected chi connectivity index (χ2v) is 7.27. The first kappa shape index (κ1) is 16.8. The molecule has 1 N–H and O–H groups in total. The Bertz CT molecular complexity index is 724. The Balaban J connectivity index is 1.66. The van der Waals surface area contributed by atoms with Crippen molar-refractivity contribution in [1.29, 1.82) is 0 Å². The Hall–Kier alpha value is -2.02. The number of urea groups is 1. The molecule has 1 aliphatic heterocycles. The molecule has 6 nitrogen and oxygen atoms in total. The Morgan fingerprint density at radius 2 is 2.29 bits per heavy atom. The number of aromatic nitrogens is 3. The maximum Gasteiger partial charge on any atom is 0.321 e. The van der Waals surface area contributed by atoms with Crippen LogP contribution < -0.4 is 5.32 Å². The van der Waals surface area contributed by atoms with Crippen LogP contribution in [0.1, 0.15) is 23.6 Å². The van der Waals surface area contributed by atoms with Crippen molar-refractivity contribution in [3.8, 4) is 0 Å². The van der Waals surface area contributed by atoms with Crippen molar-refractivity contribution in [2.45, 2.75) is 32.9 Å². The molecule has 1 atom stereocenters. The molecule has 24 heavy (non-hydrogen) atoms. The molecular weight excluding hydrogens is 322 g/mol. The van der Waals surface area contributed by atoms with Crippen molar-refractivity contribution < 1.29 is 4.79 Å². The van der Waals surface area contributed by atoms with E-state index in [0.29, 0.717) is 12.6 Å². The van der Waals surface area contributed by atoms with Crippen LogP contribution in [0.25, 0.3) is 0 Å². The van der Waals surface area contributed by atoms with Crippen LogP contribution in [0.3, 0.4) is 0 Å². The summed E-state index contributed by atoms with van der Waals surface area (Å²) in [6, 6.07) is 8.18. The average Bonchev–Trinajstić information content (AvgIpc) is 3.17. The summed E-state index contributed by atoms with van der Waals surface area (Å²) >= 11 is 1.90. The summed E-state index contributed by atoms with van der Waals surface area (Å²) in [6.07, 6.45) is 1.07. The highest BCUT2D eigenvalue weighted by atomic mass is 32.2.